The number of nitrogens with two attached hydrogens (primary N) is 1. The van der Waals surface area contributed by atoms with Crippen molar-refractivity contribution in [2.45, 2.75) is 31.6 Å². The number of hydrogen-bond acceptors (Lipinski definition) is 4. The molecular weight excluding hydrogens is 298 g/mol. The molecule has 1 aliphatic rings. The van der Waals surface area contributed by atoms with Crippen LogP contribution in [0.3, 0.4) is 0 Å². The molecule has 0 atom stereocenters. The summed E-state index contributed by atoms with van der Waals surface area (Å²) in [5.74, 6) is -0.162. The number of benzene rings is 1. The van der Waals surface area contributed by atoms with Gasteiger partial charge in [0.15, 0.2) is 0 Å². The summed E-state index contributed by atoms with van der Waals surface area (Å²) in [5.41, 5.74) is 6.50. The smallest absolute Gasteiger partial charge is 0.232 e. The predicted molar refractivity (Wildman–Crippen MR) is 89.4 cm³/mol. The van der Waals surface area contributed by atoms with Crippen LogP contribution < -0.4 is 15.4 Å². The third-order valence-electron chi connectivity index (χ3n) is 3.89. The van der Waals surface area contributed by atoms with Crippen molar-refractivity contribution in [2.75, 3.05) is 18.0 Å². The maximum Gasteiger partial charge on any atom is 0.232 e. The van der Waals surface area contributed by atoms with E-state index in [0.717, 1.165) is 36.5 Å². The number of piperidine rings is 1. The van der Waals surface area contributed by atoms with E-state index < -0.39 is 0 Å². The first kappa shape index (κ1) is 16.7. The second kappa shape index (κ2) is 7.54. The minimum absolute atomic E-state index is 0.0114. The van der Waals surface area contributed by atoms with Crippen LogP contribution in [-0.4, -0.2) is 24.9 Å². The van der Waals surface area contributed by atoms with Gasteiger partial charge in [-0.1, -0.05) is 13.8 Å². The summed E-state index contributed by atoms with van der Waals surface area (Å²) >= 11 is 1.34. The van der Waals surface area contributed by atoms with Gasteiger partial charge >= 0.3 is 0 Å². The van der Waals surface area contributed by atoms with E-state index in [-0.39, 0.29) is 23.7 Å². The standard InChI is InChI=1S/C16H23N3O2S/c1-11(2)16(21)18-22-14-5-3-13(4-6-14)19-9-7-12(8-10-19)15(17)20/h3-6,11-12H,7-10H2,1-2H3,(H2,17,20)(H,18,21). The fourth-order valence-corrected chi connectivity index (χ4v) is 3.10. The minimum atomic E-state index is -0.188. The first-order valence-electron chi connectivity index (χ1n) is 7.58. The zero-order chi connectivity index (χ0) is 16.1. The summed E-state index contributed by atoms with van der Waals surface area (Å²) in [4.78, 5) is 26.0. The van der Waals surface area contributed by atoms with E-state index in [2.05, 4.69) is 21.8 Å². The highest BCUT2D eigenvalue weighted by Crippen LogP contribution is 2.25. The Balaban J connectivity index is 1.87. The third kappa shape index (κ3) is 4.40. The highest BCUT2D eigenvalue weighted by atomic mass is 32.2. The number of nitrogens with one attached hydrogen (secondary N) is 1. The van der Waals surface area contributed by atoms with Crippen LogP contribution in [0.1, 0.15) is 26.7 Å². The number of rotatable bonds is 5. The van der Waals surface area contributed by atoms with Crippen molar-refractivity contribution in [1.29, 1.82) is 0 Å². The summed E-state index contributed by atoms with van der Waals surface area (Å²) in [6.45, 7) is 5.44. The van der Waals surface area contributed by atoms with Gasteiger partial charge in [-0.3, -0.25) is 14.3 Å². The normalized spacial score (nSPS) is 15.9. The highest BCUT2D eigenvalue weighted by Gasteiger charge is 2.23. The summed E-state index contributed by atoms with van der Waals surface area (Å²) in [5, 5.41) is 0. The van der Waals surface area contributed by atoms with E-state index in [1.165, 1.54) is 11.9 Å². The Bertz CT molecular complexity index is 523. The van der Waals surface area contributed by atoms with Crippen molar-refractivity contribution in [3.05, 3.63) is 24.3 Å². The van der Waals surface area contributed by atoms with Crippen LogP contribution in [0.5, 0.6) is 0 Å². The zero-order valence-corrected chi connectivity index (χ0v) is 13.9. The molecular formula is C16H23N3O2S. The molecule has 1 aromatic rings. The van der Waals surface area contributed by atoms with E-state index in [0.29, 0.717) is 0 Å². The summed E-state index contributed by atoms with van der Waals surface area (Å²) in [6, 6.07) is 8.10. The van der Waals surface area contributed by atoms with Gasteiger partial charge in [0, 0.05) is 35.5 Å². The average molecular weight is 321 g/mol. The van der Waals surface area contributed by atoms with Crippen molar-refractivity contribution in [3.8, 4) is 0 Å². The molecule has 0 bridgehead atoms. The molecule has 1 saturated heterocycles. The minimum Gasteiger partial charge on any atom is -0.371 e. The first-order chi connectivity index (χ1) is 10.5. The summed E-state index contributed by atoms with van der Waals surface area (Å²) < 4.78 is 2.83. The highest BCUT2D eigenvalue weighted by molar-refractivity contribution is 7.98. The van der Waals surface area contributed by atoms with Crippen molar-refractivity contribution in [2.24, 2.45) is 17.6 Å². The quantitative estimate of drug-likeness (QED) is 0.815. The average Bonchev–Trinajstić information content (AvgIpc) is 2.53. The van der Waals surface area contributed by atoms with Gasteiger partial charge < -0.3 is 10.6 Å². The molecule has 5 nitrogen and oxygen atoms in total. The zero-order valence-electron chi connectivity index (χ0n) is 13.0. The van der Waals surface area contributed by atoms with Gasteiger partial charge in [-0.05, 0) is 49.1 Å². The molecule has 0 aliphatic carbocycles. The lowest BCUT2D eigenvalue weighted by Crippen LogP contribution is -2.38. The molecule has 0 spiro atoms. The monoisotopic (exact) mass is 321 g/mol. The van der Waals surface area contributed by atoms with Crippen molar-refractivity contribution < 1.29 is 9.59 Å². The molecule has 0 aromatic heterocycles. The van der Waals surface area contributed by atoms with Gasteiger partial charge in [0.25, 0.3) is 0 Å². The van der Waals surface area contributed by atoms with Crippen molar-refractivity contribution >= 4 is 29.4 Å². The summed E-state index contributed by atoms with van der Waals surface area (Å²) in [7, 11) is 0. The van der Waals surface area contributed by atoms with E-state index >= 15 is 0 Å². The van der Waals surface area contributed by atoms with Crippen LogP contribution >= 0.6 is 11.9 Å². The Hall–Kier alpha value is -1.69. The molecule has 6 heteroatoms. The Kier molecular flexibility index (Phi) is 5.71. The molecule has 0 unspecified atom stereocenters. The second-order valence-corrected chi connectivity index (χ2v) is 6.76. The van der Waals surface area contributed by atoms with Crippen molar-refractivity contribution in [3.63, 3.8) is 0 Å². The van der Waals surface area contributed by atoms with E-state index in [1.54, 1.807) is 0 Å². The molecule has 120 valence electrons. The molecule has 1 heterocycles. The Morgan fingerprint density at radius 1 is 1.23 bits per heavy atom. The maximum atomic E-state index is 11.5. The van der Waals surface area contributed by atoms with Gasteiger partial charge in [0.05, 0.1) is 0 Å². The van der Waals surface area contributed by atoms with Crippen LogP contribution in [0.15, 0.2) is 29.2 Å². The molecule has 0 radical (unpaired) electrons. The van der Waals surface area contributed by atoms with E-state index in [9.17, 15) is 9.59 Å². The van der Waals surface area contributed by atoms with Crippen LogP contribution in [0.2, 0.25) is 0 Å². The fourth-order valence-electron chi connectivity index (χ4n) is 2.37. The largest absolute Gasteiger partial charge is 0.371 e. The molecule has 2 rings (SSSR count). The molecule has 0 saturated carbocycles. The topological polar surface area (TPSA) is 75.4 Å². The number of anilines is 1. The number of carbonyl (C=O) groups excluding carboxylic acids is 2. The maximum absolute atomic E-state index is 11.5. The van der Waals surface area contributed by atoms with Crippen LogP contribution in [0, 0.1) is 11.8 Å². The van der Waals surface area contributed by atoms with Gasteiger partial charge in [-0.15, -0.1) is 0 Å². The van der Waals surface area contributed by atoms with Crippen molar-refractivity contribution in [1.82, 2.24) is 4.72 Å². The van der Waals surface area contributed by atoms with E-state index in [4.69, 9.17) is 5.73 Å². The number of primary amides is 1. The van der Waals surface area contributed by atoms with E-state index in [1.807, 2.05) is 26.0 Å². The van der Waals surface area contributed by atoms with Gasteiger partial charge in [-0.25, -0.2) is 0 Å². The molecule has 3 N–H and O–H groups in total. The SMILES string of the molecule is CC(C)C(=O)NSc1ccc(N2CCC(C(N)=O)CC2)cc1. The van der Waals surface area contributed by atoms with Gasteiger partial charge in [0.1, 0.15) is 0 Å². The van der Waals surface area contributed by atoms with Crippen LogP contribution in [0.25, 0.3) is 0 Å². The number of hydrogen-bond donors (Lipinski definition) is 2. The van der Waals surface area contributed by atoms with Gasteiger partial charge in [-0.2, -0.15) is 0 Å². The molecule has 1 aliphatic heterocycles. The lowest BCUT2D eigenvalue weighted by Gasteiger charge is -2.32. The first-order valence-corrected chi connectivity index (χ1v) is 8.40. The lowest BCUT2D eigenvalue weighted by molar-refractivity contribution is -0.123. The summed E-state index contributed by atoms with van der Waals surface area (Å²) in [6.07, 6.45) is 1.63. The Labute approximate surface area is 135 Å². The van der Waals surface area contributed by atoms with Crippen LogP contribution in [-0.2, 0) is 9.59 Å². The Morgan fingerprint density at radius 2 is 1.82 bits per heavy atom. The molecule has 22 heavy (non-hydrogen) atoms. The van der Waals surface area contributed by atoms with Gasteiger partial charge in [0.2, 0.25) is 11.8 Å². The second-order valence-electron chi connectivity index (χ2n) is 5.88. The Morgan fingerprint density at radius 3 is 2.32 bits per heavy atom. The molecule has 1 aromatic carbocycles. The lowest BCUT2D eigenvalue weighted by atomic mass is 9.96. The molecule has 2 amide bonds. The van der Waals surface area contributed by atoms with Crippen LogP contribution in [0.4, 0.5) is 5.69 Å². The fraction of sp³-hybridized carbons (Fsp3) is 0.500. The number of amides is 2. The number of nitrogens with zero attached hydrogens (tertiary/aromatic N) is 1. The number of carbonyl (C=O) groups is 2. The third-order valence-corrected chi connectivity index (χ3v) is 4.70. The predicted octanol–water partition coefficient (Wildman–Crippen LogP) is 2.17. The molecule has 1 fully saturated rings.